The molecule has 2 aromatic heterocycles. The topological polar surface area (TPSA) is 92.0 Å². The van der Waals surface area contributed by atoms with Crippen LogP contribution < -0.4 is 5.32 Å². The molecule has 1 amide bonds. The molecule has 0 saturated carbocycles. The molecule has 0 aliphatic carbocycles. The Hall–Kier alpha value is -2.19. The molecule has 0 spiro atoms. The quantitative estimate of drug-likeness (QED) is 0.829. The van der Waals surface area contributed by atoms with Crippen LogP contribution in [-0.2, 0) is 4.74 Å². The van der Waals surface area contributed by atoms with Gasteiger partial charge in [0.15, 0.2) is 0 Å². The number of hydrogen-bond acceptors (Lipinski definition) is 6. The van der Waals surface area contributed by atoms with E-state index in [0.717, 1.165) is 5.52 Å². The molecule has 0 aromatic carbocycles. The summed E-state index contributed by atoms with van der Waals surface area (Å²) in [6.07, 6.45) is 3.43. The highest BCUT2D eigenvalue weighted by atomic mass is 16.5. The maximum Gasteiger partial charge on any atom is 0.254 e. The zero-order valence-electron chi connectivity index (χ0n) is 12.6. The summed E-state index contributed by atoms with van der Waals surface area (Å²) in [4.78, 5) is 17.7. The van der Waals surface area contributed by atoms with Crippen molar-refractivity contribution >= 4 is 17.4 Å². The molecule has 3 heterocycles. The molecule has 8 nitrogen and oxygen atoms in total. The second-order valence-corrected chi connectivity index (χ2v) is 5.56. The standard InChI is InChI=1S/C14H19N5O3/c1-18(2)13(21)9-5-10-6-15-14(17-19(10)7-9)16-11-3-4-22-8-12(11)20/h5-7,11-12,20H,3-4,8H2,1-2H3,(H,16,17)/t11-,12-/m1/s1. The molecule has 118 valence electrons. The van der Waals surface area contributed by atoms with Crippen LogP contribution in [0.15, 0.2) is 18.5 Å². The lowest BCUT2D eigenvalue weighted by molar-refractivity contribution is -0.0136. The Kier molecular flexibility index (Phi) is 3.95. The fraction of sp³-hybridized carbons (Fsp3) is 0.500. The van der Waals surface area contributed by atoms with Gasteiger partial charge in [-0.25, -0.2) is 9.50 Å². The van der Waals surface area contributed by atoms with Gasteiger partial charge in [-0.05, 0) is 12.5 Å². The van der Waals surface area contributed by atoms with E-state index in [-0.39, 0.29) is 11.9 Å². The first-order valence-corrected chi connectivity index (χ1v) is 7.14. The molecule has 3 rings (SSSR count). The molecule has 0 unspecified atom stereocenters. The Morgan fingerprint density at radius 1 is 1.55 bits per heavy atom. The van der Waals surface area contributed by atoms with Crippen molar-refractivity contribution in [3.8, 4) is 0 Å². The molecule has 1 fully saturated rings. The predicted molar refractivity (Wildman–Crippen MR) is 79.9 cm³/mol. The summed E-state index contributed by atoms with van der Waals surface area (Å²) >= 11 is 0. The highest BCUT2D eigenvalue weighted by molar-refractivity contribution is 5.95. The highest BCUT2D eigenvalue weighted by Gasteiger charge is 2.24. The predicted octanol–water partition coefficient (Wildman–Crippen LogP) is -0.00720. The summed E-state index contributed by atoms with van der Waals surface area (Å²) in [5.74, 6) is 0.331. The SMILES string of the molecule is CN(C)C(=O)c1cc2cnc(N[C@@H]3CCOC[C@H]3O)nn2c1. The van der Waals surface area contributed by atoms with E-state index in [2.05, 4.69) is 15.4 Å². The monoisotopic (exact) mass is 305 g/mol. The smallest absolute Gasteiger partial charge is 0.254 e. The first kappa shape index (κ1) is 14.7. The Labute approximate surface area is 127 Å². The molecule has 1 aliphatic heterocycles. The normalized spacial score (nSPS) is 21.8. The van der Waals surface area contributed by atoms with Gasteiger partial charge in [-0.2, -0.15) is 0 Å². The highest BCUT2D eigenvalue weighted by Crippen LogP contribution is 2.14. The Balaban J connectivity index is 1.82. The van der Waals surface area contributed by atoms with Gasteiger partial charge in [0.05, 0.1) is 36.0 Å². The third-order valence-corrected chi connectivity index (χ3v) is 3.64. The molecule has 0 bridgehead atoms. The van der Waals surface area contributed by atoms with Crippen LogP contribution in [0.3, 0.4) is 0 Å². The van der Waals surface area contributed by atoms with Crippen LogP contribution in [0.25, 0.3) is 5.52 Å². The number of hydrogen-bond donors (Lipinski definition) is 2. The number of carbonyl (C=O) groups excluding carboxylic acids is 1. The number of nitrogens with zero attached hydrogens (tertiary/aromatic N) is 4. The Bertz CT molecular complexity index is 684. The van der Waals surface area contributed by atoms with Crippen LogP contribution in [-0.4, -0.2) is 70.0 Å². The lowest BCUT2D eigenvalue weighted by atomic mass is 10.1. The van der Waals surface area contributed by atoms with Crippen LogP contribution >= 0.6 is 0 Å². The van der Waals surface area contributed by atoms with Gasteiger partial charge >= 0.3 is 0 Å². The molecule has 22 heavy (non-hydrogen) atoms. The second kappa shape index (κ2) is 5.90. The summed E-state index contributed by atoms with van der Waals surface area (Å²) in [6, 6.07) is 1.61. The van der Waals surface area contributed by atoms with E-state index in [9.17, 15) is 9.90 Å². The zero-order valence-corrected chi connectivity index (χ0v) is 12.6. The zero-order chi connectivity index (χ0) is 15.7. The summed E-state index contributed by atoms with van der Waals surface area (Å²) in [5, 5.41) is 17.3. The van der Waals surface area contributed by atoms with Gasteiger partial charge in [-0.1, -0.05) is 0 Å². The fourth-order valence-corrected chi connectivity index (χ4v) is 2.41. The second-order valence-electron chi connectivity index (χ2n) is 5.56. The fourth-order valence-electron chi connectivity index (χ4n) is 2.41. The van der Waals surface area contributed by atoms with Crippen molar-refractivity contribution in [3.05, 3.63) is 24.0 Å². The first-order chi connectivity index (χ1) is 10.5. The van der Waals surface area contributed by atoms with Gasteiger partial charge in [-0.15, -0.1) is 5.10 Å². The van der Waals surface area contributed by atoms with E-state index in [1.165, 1.54) is 4.90 Å². The summed E-state index contributed by atoms with van der Waals surface area (Å²) < 4.78 is 6.80. The van der Waals surface area contributed by atoms with Crippen LogP contribution in [0.4, 0.5) is 5.95 Å². The van der Waals surface area contributed by atoms with Gasteiger partial charge in [0.2, 0.25) is 5.95 Å². The van der Waals surface area contributed by atoms with Crippen molar-refractivity contribution in [2.75, 3.05) is 32.6 Å². The third kappa shape index (κ3) is 2.88. The molecule has 1 aliphatic rings. The number of nitrogens with one attached hydrogen (secondary N) is 1. The number of carbonyl (C=O) groups is 1. The van der Waals surface area contributed by atoms with Crippen LogP contribution in [0, 0.1) is 0 Å². The van der Waals surface area contributed by atoms with Crippen molar-refractivity contribution in [3.63, 3.8) is 0 Å². The van der Waals surface area contributed by atoms with E-state index in [1.807, 2.05) is 0 Å². The van der Waals surface area contributed by atoms with Crippen LogP contribution in [0.5, 0.6) is 0 Å². The van der Waals surface area contributed by atoms with Gasteiger partial charge < -0.3 is 20.1 Å². The van der Waals surface area contributed by atoms with Gasteiger partial charge in [0.1, 0.15) is 0 Å². The van der Waals surface area contributed by atoms with Crippen molar-refractivity contribution in [1.82, 2.24) is 19.5 Å². The van der Waals surface area contributed by atoms with Gasteiger partial charge in [0.25, 0.3) is 5.91 Å². The average Bonchev–Trinajstić information content (AvgIpc) is 2.91. The molecular weight excluding hydrogens is 286 g/mol. The summed E-state index contributed by atoms with van der Waals surface area (Å²) in [5.41, 5.74) is 1.30. The minimum atomic E-state index is -0.580. The number of ether oxygens (including phenoxy) is 1. The molecule has 2 aromatic rings. The largest absolute Gasteiger partial charge is 0.389 e. The lowest BCUT2D eigenvalue weighted by Gasteiger charge is -2.28. The number of aromatic nitrogens is 3. The number of rotatable bonds is 3. The molecule has 8 heteroatoms. The van der Waals surface area contributed by atoms with Gasteiger partial charge in [0, 0.05) is 26.9 Å². The molecule has 2 N–H and O–H groups in total. The van der Waals surface area contributed by atoms with E-state index in [1.54, 1.807) is 37.1 Å². The van der Waals surface area contributed by atoms with E-state index >= 15 is 0 Å². The van der Waals surface area contributed by atoms with E-state index < -0.39 is 6.10 Å². The Morgan fingerprint density at radius 2 is 2.36 bits per heavy atom. The molecule has 1 saturated heterocycles. The number of fused-ring (bicyclic) bond motifs is 1. The van der Waals surface area contributed by atoms with E-state index in [0.29, 0.717) is 31.1 Å². The average molecular weight is 305 g/mol. The molecular formula is C14H19N5O3. The maximum absolute atomic E-state index is 12.0. The lowest BCUT2D eigenvalue weighted by Crippen LogP contribution is -2.42. The number of aliphatic hydroxyl groups excluding tert-OH is 1. The van der Waals surface area contributed by atoms with Crippen LogP contribution in [0.1, 0.15) is 16.8 Å². The number of anilines is 1. The van der Waals surface area contributed by atoms with Gasteiger partial charge in [-0.3, -0.25) is 4.79 Å². The number of aliphatic hydroxyl groups is 1. The van der Waals surface area contributed by atoms with E-state index in [4.69, 9.17) is 4.74 Å². The van der Waals surface area contributed by atoms with Crippen molar-refractivity contribution in [1.29, 1.82) is 0 Å². The van der Waals surface area contributed by atoms with Crippen molar-refractivity contribution in [2.45, 2.75) is 18.6 Å². The molecule has 2 atom stereocenters. The summed E-state index contributed by atoms with van der Waals surface area (Å²) in [7, 11) is 3.41. The third-order valence-electron chi connectivity index (χ3n) is 3.64. The Morgan fingerprint density at radius 3 is 3.09 bits per heavy atom. The minimum Gasteiger partial charge on any atom is -0.389 e. The first-order valence-electron chi connectivity index (χ1n) is 7.14. The van der Waals surface area contributed by atoms with Crippen molar-refractivity contribution in [2.24, 2.45) is 0 Å². The summed E-state index contributed by atoms with van der Waals surface area (Å²) in [6.45, 7) is 0.910. The van der Waals surface area contributed by atoms with Crippen LogP contribution in [0.2, 0.25) is 0 Å². The maximum atomic E-state index is 12.0. The van der Waals surface area contributed by atoms with Crippen molar-refractivity contribution < 1.29 is 14.6 Å². The minimum absolute atomic E-state index is 0.0835. The molecule has 0 radical (unpaired) electrons. The number of amides is 1.